The Morgan fingerprint density at radius 1 is 1.35 bits per heavy atom. The molecular formula is C14H22N2O. The van der Waals surface area contributed by atoms with Crippen molar-refractivity contribution in [2.75, 3.05) is 26.2 Å². The molecule has 1 unspecified atom stereocenters. The number of nitrogens with two attached hydrogens (primary N) is 1. The van der Waals surface area contributed by atoms with Crippen LogP contribution in [0.1, 0.15) is 16.7 Å². The maximum Gasteiger partial charge on any atom is 0.0824 e. The lowest BCUT2D eigenvalue weighted by Gasteiger charge is -2.33. The average molecular weight is 234 g/mol. The first-order chi connectivity index (χ1) is 8.20. The summed E-state index contributed by atoms with van der Waals surface area (Å²) in [6, 6.07) is 6.49. The highest BCUT2D eigenvalue weighted by atomic mass is 16.5. The minimum Gasteiger partial charge on any atom is -0.374 e. The fraction of sp³-hybridized carbons (Fsp3) is 0.571. The van der Waals surface area contributed by atoms with Crippen LogP contribution in [0.4, 0.5) is 0 Å². The summed E-state index contributed by atoms with van der Waals surface area (Å²) in [4.78, 5) is 2.44. The normalized spacial score (nSPS) is 21.7. The predicted molar refractivity (Wildman–Crippen MR) is 70.0 cm³/mol. The molecule has 0 aromatic heterocycles. The summed E-state index contributed by atoms with van der Waals surface area (Å²) in [5, 5.41) is 0. The van der Waals surface area contributed by atoms with Crippen molar-refractivity contribution < 1.29 is 4.74 Å². The summed E-state index contributed by atoms with van der Waals surface area (Å²) in [6.45, 7) is 8.75. The third kappa shape index (κ3) is 3.06. The monoisotopic (exact) mass is 234 g/mol. The molecule has 1 aromatic carbocycles. The first-order valence-corrected chi connectivity index (χ1v) is 6.30. The van der Waals surface area contributed by atoms with Gasteiger partial charge >= 0.3 is 0 Å². The number of morpholine rings is 1. The average Bonchev–Trinajstić information content (AvgIpc) is 2.34. The van der Waals surface area contributed by atoms with Gasteiger partial charge in [0, 0.05) is 26.2 Å². The highest BCUT2D eigenvalue weighted by Crippen LogP contribution is 2.17. The van der Waals surface area contributed by atoms with Gasteiger partial charge in [-0.2, -0.15) is 0 Å². The van der Waals surface area contributed by atoms with E-state index >= 15 is 0 Å². The lowest BCUT2D eigenvalue weighted by molar-refractivity contribution is -0.0261. The Labute approximate surface area is 104 Å². The van der Waals surface area contributed by atoms with Gasteiger partial charge in [-0.05, 0) is 30.5 Å². The molecule has 1 heterocycles. The second-order valence-corrected chi connectivity index (χ2v) is 4.83. The van der Waals surface area contributed by atoms with Gasteiger partial charge in [-0.1, -0.05) is 18.2 Å². The van der Waals surface area contributed by atoms with Gasteiger partial charge in [-0.15, -0.1) is 0 Å². The van der Waals surface area contributed by atoms with Crippen LogP contribution in [0.2, 0.25) is 0 Å². The Bertz CT molecular complexity index is 358. The van der Waals surface area contributed by atoms with Crippen molar-refractivity contribution >= 4 is 0 Å². The van der Waals surface area contributed by atoms with E-state index in [2.05, 4.69) is 36.9 Å². The summed E-state index contributed by atoms with van der Waals surface area (Å²) >= 11 is 0. The predicted octanol–water partition coefficient (Wildman–Crippen LogP) is 1.46. The molecule has 1 fully saturated rings. The molecule has 1 atom stereocenters. The van der Waals surface area contributed by atoms with E-state index in [0.717, 1.165) is 26.2 Å². The van der Waals surface area contributed by atoms with Crippen LogP contribution in [-0.2, 0) is 11.3 Å². The van der Waals surface area contributed by atoms with E-state index in [1.54, 1.807) is 0 Å². The molecule has 3 heteroatoms. The third-order valence-electron chi connectivity index (χ3n) is 3.51. The van der Waals surface area contributed by atoms with E-state index in [0.29, 0.717) is 6.54 Å². The van der Waals surface area contributed by atoms with Gasteiger partial charge in [0.25, 0.3) is 0 Å². The fourth-order valence-corrected chi connectivity index (χ4v) is 2.39. The lowest BCUT2D eigenvalue weighted by atomic mass is 10.0. The van der Waals surface area contributed by atoms with E-state index < -0.39 is 0 Å². The largest absolute Gasteiger partial charge is 0.374 e. The molecule has 2 rings (SSSR count). The molecule has 0 amide bonds. The van der Waals surface area contributed by atoms with Gasteiger partial charge in [0.05, 0.1) is 12.7 Å². The van der Waals surface area contributed by atoms with Gasteiger partial charge in [0.1, 0.15) is 0 Å². The number of aryl methyl sites for hydroxylation is 2. The van der Waals surface area contributed by atoms with Crippen molar-refractivity contribution in [2.45, 2.75) is 26.5 Å². The molecule has 1 saturated heterocycles. The van der Waals surface area contributed by atoms with Crippen LogP contribution in [0, 0.1) is 13.8 Å². The Morgan fingerprint density at radius 3 is 2.71 bits per heavy atom. The summed E-state index contributed by atoms with van der Waals surface area (Å²) in [5.74, 6) is 0. The first kappa shape index (κ1) is 12.6. The van der Waals surface area contributed by atoms with Crippen LogP contribution in [0.15, 0.2) is 18.2 Å². The van der Waals surface area contributed by atoms with Gasteiger partial charge in [0.15, 0.2) is 0 Å². The van der Waals surface area contributed by atoms with Gasteiger partial charge in [-0.3, -0.25) is 4.90 Å². The van der Waals surface area contributed by atoms with E-state index in [9.17, 15) is 0 Å². The highest BCUT2D eigenvalue weighted by Gasteiger charge is 2.19. The SMILES string of the molecule is Cc1cccc(C)c1CN1CCOC(CN)C1. The molecule has 17 heavy (non-hydrogen) atoms. The van der Waals surface area contributed by atoms with Crippen molar-refractivity contribution in [1.82, 2.24) is 4.90 Å². The Balaban J connectivity index is 2.05. The maximum atomic E-state index is 5.67. The molecule has 94 valence electrons. The molecule has 0 spiro atoms. The zero-order valence-electron chi connectivity index (χ0n) is 10.8. The van der Waals surface area contributed by atoms with E-state index in [-0.39, 0.29) is 6.10 Å². The Morgan fingerprint density at radius 2 is 2.06 bits per heavy atom. The molecule has 3 nitrogen and oxygen atoms in total. The molecule has 0 aliphatic carbocycles. The van der Waals surface area contributed by atoms with Crippen molar-refractivity contribution in [3.8, 4) is 0 Å². The molecule has 1 aliphatic heterocycles. The zero-order chi connectivity index (χ0) is 12.3. The van der Waals surface area contributed by atoms with Gasteiger partial charge in [0.2, 0.25) is 0 Å². The third-order valence-corrected chi connectivity index (χ3v) is 3.51. The molecule has 0 bridgehead atoms. The second-order valence-electron chi connectivity index (χ2n) is 4.83. The van der Waals surface area contributed by atoms with Crippen LogP contribution < -0.4 is 5.73 Å². The molecule has 0 radical (unpaired) electrons. The van der Waals surface area contributed by atoms with E-state index in [1.807, 2.05) is 0 Å². The van der Waals surface area contributed by atoms with Crippen LogP contribution in [0.25, 0.3) is 0 Å². The minimum atomic E-state index is 0.202. The quantitative estimate of drug-likeness (QED) is 0.860. The minimum absolute atomic E-state index is 0.202. The topological polar surface area (TPSA) is 38.5 Å². The van der Waals surface area contributed by atoms with Crippen molar-refractivity contribution in [3.63, 3.8) is 0 Å². The van der Waals surface area contributed by atoms with Crippen LogP contribution in [-0.4, -0.2) is 37.2 Å². The molecular weight excluding hydrogens is 212 g/mol. The first-order valence-electron chi connectivity index (χ1n) is 6.30. The number of rotatable bonds is 3. The fourth-order valence-electron chi connectivity index (χ4n) is 2.39. The summed E-state index contributed by atoms with van der Waals surface area (Å²) < 4.78 is 5.59. The lowest BCUT2D eigenvalue weighted by Crippen LogP contribution is -2.45. The van der Waals surface area contributed by atoms with Crippen molar-refractivity contribution in [1.29, 1.82) is 0 Å². The smallest absolute Gasteiger partial charge is 0.0824 e. The van der Waals surface area contributed by atoms with Crippen molar-refractivity contribution in [3.05, 3.63) is 34.9 Å². The standard InChI is InChI=1S/C14H22N2O/c1-11-4-3-5-12(2)14(11)10-16-6-7-17-13(8-15)9-16/h3-5,13H,6-10,15H2,1-2H3. The molecule has 0 saturated carbocycles. The zero-order valence-corrected chi connectivity index (χ0v) is 10.8. The highest BCUT2D eigenvalue weighted by molar-refractivity contribution is 5.33. The number of hydrogen-bond acceptors (Lipinski definition) is 3. The Hall–Kier alpha value is -0.900. The van der Waals surface area contributed by atoms with Crippen molar-refractivity contribution in [2.24, 2.45) is 5.73 Å². The van der Waals surface area contributed by atoms with Crippen LogP contribution in [0.3, 0.4) is 0 Å². The number of ether oxygens (including phenoxy) is 1. The molecule has 2 N–H and O–H groups in total. The second kappa shape index (κ2) is 5.63. The summed E-state index contributed by atoms with van der Waals surface area (Å²) in [5.41, 5.74) is 9.87. The molecule has 1 aromatic rings. The number of nitrogens with zero attached hydrogens (tertiary/aromatic N) is 1. The summed E-state index contributed by atoms with van der Waals surface area (Å²) in [7, 11) is 0. The van der Waals surface area contributed by atoms with E-state index in [1.165, 1.54) is 16.7 Å². The van der Waals surface area contributed by atoms with Crippen LogP contribution >= 0.6 is 0 Å². The maximum absolute atomic E-state index is 5.67. The van der Waals surface area contributed by atoms with Gasteiger partial charge < -0.3 is 10.5 Å². The van der Waals surface area contributed by atoms with Gasteiger partial charge in [-0.25, -0.2) is 0 Å². The summed E-state index contributed by atoms with van der Waals surface area (Å²) in [6.07, 6.45) is 0.202. The Kier molecular flexibility index (Phi) is 4.15. The van der Waals surface area contributed by atoms with E-state index in [4.69, 9.17) is 10.5 Å². The number of hydrogen-bond donors (Lipinski definition) is 1. The van der Waals surface area contributed by atoms with Crippen LogP contribution in [0.5, 0.6) is 0 Å². The number of benzene rings is 1. The molecule has 1 aliphatic rings.